The third-order valence-electron chi connectivity index (χ3n) is 3.89. The molecule has 3 rings (SSSR count). The molecule has 2 heterocycles. The summed E-state index contributed by atoms with van der Waals surface area (Å²) in [4.78, 5) is 6.49. The first-order valence-corrected chi connectivity index (χ1v) is 7.07. The van der Waals surface area contributed by atoms with Gasteiger partial charge >= 0.3 is 0 Å². The van der Waals surface area contributed by atoms with Crippen molar-refractivity contribution in [3.8, 4) is 10.6 Å². The quantitative estimate of drug-likeness (QED) is 0.741. The number of H-pyrrole nitrogens is 1. The van der Waals surface area contributed by atoms with Crippen LogP contribution in [0, 0.1) is 6.92 Å². The lowest BCUT2D eigenvalue weighted by atomic mass is 9.83. The Morgan fingerprint density at radius 1 is 1.18 bits per heavy atom. The summed E-state index contributed by atoms with van der Waals surface area (Å²) in [5, 5.41) is 0. The van der Waals surface area contributed by atoms with Crippen LogP contribution in [0.1, 0.15) is 55.3 Å². The molecule has 90 valence electrons. The summed E-state index contributed by atoms with van der Waals surface area (Å²) in [5.41, 5.74) is 5.87. The maximum atomic E-state index is 3.63. The highest BCUT2D eigenvalue weighted by Crippen LogP contribution is 2.52. The van der Waals surface area contributed by atoms with E-state index in [9.17, 15) is 0 Å². The van der Waals surface area contributed by atoms with E-state index < -0.39 is 0 Å². The van der Waals surface area contributed by atoms with Gasteiger partial charge in [-0.15, -0.1) is 11.3 Å². The molecule has 0 unspecified atom stereocenters. The van der Waals surface area contributed by atoms with Crippen molar-refractivity contribution in [2.24, 2.45) is 0 Å². The summed E-state index contributed by atoms with van der Waals surface area (Å²) in [7, 11) is 0. The fourth-order valence-electron chi connectivity index (χ4n) is 2.77. The van der Waals surface area contributed by atoms with Gasteiger partial charge in [-0.05, 0) is 36.1 Å². The van der Waals surface area contributed by atoms with Crippen LogP contribution in [0.4, 0.5) is 0 Å². The van der Waals surface area contributed by atoms with Gasteiger partial charge in [-0.3, -0.25) is 0 Å². The fourth-order valence-corrected chi connectivity index (χ4v) is 3.95. The number of fused-ring (bicyclic) bond motifs is 3. The number of rotatable bonds is 1. The number of thiophene rings is 1. The van der Waals surface area contributed by atoms with Crippen LogP contribution < -0.4 is 0 Å². The number of hydrogen-bond acceptors (Lipinski definition) is 1. The van der Waals surface area contributed by atoms with Crippen LogP contribution in [0.2, 0.25) is 0 Å². The molecular formula is C15H19NS. The number of aryl methyl sites for hydroxylation is 1. The van der Waals surface area contributed by atoms with E-state index in [1.54, 1.807) is 0 Å². The molecule has 0 amide bonds. The first kappa shape index (κ1) is 11.1. The molecule has 1 aliphatic rings. The van der Waals surface area contributed by atoms with Crippen LogP contribution in [-0.4, -0.2) is 4.98 Å². The van der Waals surface area contributed by atoms with Gasteiger partial charge in [0, 0.05) is 16.0 Å². The minimum Gasteiger partial charge on any atom is -0.357 e. The lowest BCUT2D eigenvalue weighted by Gasteiger charge is -2.19. The Morgan fingerprint density at radius 2 is 1.88 bits per heavy atom. The van der Waals surface area contributed by atoms with E-state index in [4.69, 9.17) is 0 Å². The number of nitrogens with one attached hydrogen (secondary N) is 1. The highest BCUT2D eigenvalue weighted by molar-refractivity contribution is 7.15. The van der Waals surface area contributed by atoms with Gasteiger partial charge in [-0.2, -0.15) is 0 Å². The van der Waals surface area contributed by atoms with E-state index in [1.165, 1.54) is 32.3 Å². The van der Waals surface area contributed by atoms with Crippen LogP contribution >= 0.6 is 11.3 Å². The Hall–Kier alpha value is -1.02. The predicted octanol–water partition coefficient (Wildman–Crippen LogP) is 4.81. The van der Waals surface area contributed by atoms with Gasteiger partial charge in [-0.1, -0.05) is 27.7 Å². The van der Waals surface area contributed by atoms with Crippen LogP contribution in [0.5, 0.6) is 0 Å². The minimum absolute atomic E-state index is 0.166. The zero-order chi connectivity index (χ0) is 12.4. The minimum atomic E-state index is 0.166. The van der Waals surface area contributed by atoms with Gasteiger partial charge in [0.05, 0.1) is 10.6 Å². The Morgan fingerprint density at radius 3 is 2.53 bits per heavy atom. The van der Waals surface area contributed by atoms with Crippen molar-refractivity contribution in [3.63, 3.8) is 0 Å². The molecule has 1 N–H and O–H groups in total. The molecule has 0 fully saturated rings. The second-order valence-electron chi connectivity index (χ2n) is 5.89. The highest BCUT2D eigenvalue weighted by atomic mass is 32.1. The molecule has 0 radical (unpaired) electrons. The van der Waals surface area contributed by atoms with Crippen molar-refractivity contribution in [1.82, 2.24) is 4.98 Å². The van der Waals surface area contributed by atoms with Crippen LogP contribution in [0.25, 0.3) is 10.6 Å². The van der Waals surface area contributed by atoms with Gasteiger partial charge in [0.1, 0.15) is 0 Å². The predicted molar refractivity (Wildman–Crippen MR) is 75.1 cm³/mol. The maximum Gasteiger partial charge on any atom is 0.0602 e. The van der Waals surface area contributed by atoms with Gasteiger partial charge in [0.25, 0.3) is 0 Å². The SMILES string of the molecule is Cc1cc2c(s1)-c1[nH]c(C(C)C)cc1C2(C)C. The molecule has 0 atom stereocenters. The Labute approximate surface area is 107 Å². The average Bonchev–Trinajstić information content (AvgIpc) is 2.83. The third-order valence-corrected chi connectivity index (χ3v) is 4.96. The van der Waals surface area contributed by atoms with Crippen molar-refractivity contribution >= 4 is 11.3 Å². The molecule has 0 saturated carbocycles. The molecule has 2 heteroatoms. The molecule has 0 aliphatic heterocycles. The summed E-state index contributed by atoms with van der Waals surface area (Å²) in [5.74, 6) is 0.570. The molecular weight excluding hydrogens is 226 g/mol. The van der Waals surface area contributed by atoms with E-state index >= 15 is 0 Å². The molecule has 2 aromatic heterocycles. The number of aromatic amines is 1. The van der Waals surface area contributed by atoms with Crippen LogP contribution in [-0.2, 0) is 5.41 Å². The van der Waals surface area contributed by atoms with Crippen LogP contribution in [0.3, 0.4) is 0 Å². The number of aromatic nitrogens is 1. The van der Waals surface area contributed by atoms with E-state index in [1.807, 2.05) is 11.3 Å². The summed E-state index contributed by atoms with van der Waals surface area (Å²) < 4.78 is 0. The molecule has 0 saturated heterocycles. The molecule has 0 bridgehead atoms. The Kier molecular flexibility index (Phi) is 2.13. The van der Waals surface area contributed by atoms with E-state index in [2.05, 4.69) is 51.7 Å². The van der Waals surface area contributed by atoms with Gasteiger partial charge in [0.15, 0.2) is 0 Å². The van der Waals surface area contributed by atoms with Crippen molar-refractivity contribution in [2.75, 3.05) is 0 Å². The number of hydrogen-bond donors (Lipinski definition) is 1. The van der Waals surface area contributed by atoms with Gasteiger partial charge < -0.3 is 4.98 Å². The molecule has 2 aromatic rings. The average molecular weight is 245 g/mol. The molecule has 1 aliphatic carbocycles. The third kappa shape index (κ3) is 1.37. The summed E-state index contributed by atoms with van der Waals surface area (Å²) in [6.07, 6.45) is 0. The normalized spacial score (nSPS) is 16.4. The first-order valence-electron chi connectivity index (χ1n) is 6.26. The maximum absolute atomic E-state index is 3.63. The lowest BCUT2D eigenvalue weighted by Crippen LogP contribution is -2.13. The fraction of sp³-hybridized carbons (Fsp3) is 0.467. The van der Waals surface area contributed by atoms with E-state index in [-0.39, 0.29) is 5.41 Å². The summed E-state index contributed by atoms with van der Waals surface area (Å²) >= 11 is 1.92. The van der Waals surface area contributed by atoms with E-state index in [0.29, 0.717) is 5.92 Å². The van der Waals surface area contributed by atoms with Crippen molar-refractivity contribution in [1.29, 1.82) is 0 Å². The van der Waals surface area contributed by atoms with E-state index in [0.717, 1.165) is 0 Å². The van der Waals surface area contributed by atoms with Crippen molar-refractivity contribution in [3.05, 3.63) is 33.8 Å². The lowest BCUT2D eigenvalue weighted by molar-refractivity contribution is 0.661. The smallest absolute Gasteiger partial charge is 0.0602 e. The standard InChI is InChI=1S/C15H19NS/c1-8(2)12-7-10-13(16-12)14-11(15(10,4)5)6-9(3)17-14/h6-8,16H,1-5H3. The van der Waals surface area contributed by atoms with Gasteiger partial charge in [0.2, 0.25) is 0 Å². The monoisotopic (exact) mass is 245 g/mol. The molecule has 0 spiro atoms. The zero-order valence-electron chi connectivity index (χ0n) is 11.1. The van der Waals surface area contributed by atoms with Crippen LogP contribution in [0.15, 0.2) is 12.1 Å². The second-order valence-corrected chi connectivity index (χ2v) is 7.15. The molecule has 1 nitrogen and oxygen atoms in total. The second kappa shape index (κ2) is 3.26. The molecule has 0 aromatic carbocycles. The Bertz CT molecular complexity index is 584. The van der Waals surface area contributed by atoms with Crippen molar-refractivity contribution < 1.29 is 0 Å². The zero-order valence-corrected chi connectivity index (χ0v) is 12.0. The molecule has 17 heavy (non-hydrogen) atoms. The van der Waals surface area contributed by atoms with Gasteiger partial charge in [-0.25, -0.2) is 0 Å². The summed E-state index contributed by atoms with van der Waals surface area (Å²) in [6.45, 7) is 11.4. The summed E-state index contributed by atoms with van der Waals surface area (Å²) in [6, 6.07) is 4.71. The van der Waals surface area contributed by atoms with Crippen molar-refractivity contribution in [2.45, 2.75) is 46.0 Å². The largest absolute Gasteiger partial charge is 0.357 e. The topological polar surface area (TPSA) is 15.8 Å². The first-order chi connectivity index (χ1) is 7.91. The highest BCUT2D eigenvalue weighted by Gasteiger charge is 2.38. The Balaban J connectivity index is 2.27.